The minimum absolute atomic E-state index is 0.317. The van der Waals surface area contributed by atoms with Crippen molar-refractivity contribution in [1.82, 2.24) is 14.7 Å². The van der Waals surface area contributed by atoms with Crippen LogP contribution >= 0.6 is 0 Å². The third-order valence-corrected chi connectivity index (χ3v) is 4.87. The van der Waals surface area contributed by atoms with Crippen LogP contribution in [0.2, 0.25) is 0 Å². The fourth-order valence-corrected chi connectivity index (χ4v) is 3.38. The highest BCUT2D eigenvalue weighted by molar-refractivity contribution is 5.73. The zero-order chi connectivity index (χ0) is 27.8. The Morgan fingerprint density at radius 1 is 1.03 bits per heavy atom. The smallest absolute Gasteiger partial charge is 0.475 e. The van der Waals surface area contributed by atoms with Gasteiger partial charge >= 0.3 is 24.3 Å². The van der Waals surface area contributed by atoms with Crippen LogP contribution < -0.4 is 9.47 Å². The minimum atomic E-state index is -5.08. The van der Waals surface area contributed by atoms with Crippen LogP contribution in [0.15, 0.2) is 30.5 Å². The number of carboxylic acid groups (broad SMARTS) is 2. The minimum Gasteiger partial charge on any atom is -0.475 e. The summed E-state index contributed by atoms with van der Waals surface area (Å²) in [5, 5.41) is 18.7. The van der Waals surface area contributed by atoms with E-state index in [0.717, 1.165) is 44.3 Å². The molecule has 206 valence electrons. The Kier molecular flexibility index (Phi) is 10.1. The summed E-state index contributed by atoms with van der Waals surface area (Å²) in [5.74, 6) is -3.40. The summed E-state index contributed by atoms with van der Waals surface area (Å²) >= 11 is 0. The highest BCUT2D eigenvalue weighted by Gasteiger charge is 2.38. The zero-order valence-electron chi connectivity index (χ0n) is 19.3. The molecule has 0 fully saturated rings. The molecule has 0 bridgehead atoms. The van der Waals surface area contributed by atoms with E-state index in [4.69, 9.17) is 34.0 Å². The number of methoxy groups -OCH3 is 1. The van der Waals surface area contributed by atoms with Crippen LogP contribution in [0.4, 0.5) is 26.3 Å². The Labute approximate surface area is 205 Å². The first-order valence-electron chi connectivity index (χ1n) is 10.4. The molecular weight excluding hydrogens is 520 g/mol. The van der Waals surface area contributed by atoms with Crippen molar-refractivity contribution in [3.8, 4) is 11.5 Å². The van der Waals surface area contributed by atoms with Gasteiger partial charge in [-0.25, -0.2) is 9.59 Å². The number of aliphatic carboxylic acids is 2. The molecule has 37 heavy (non-hydrogen) atoms. The molecule has 2 aliphatic rings. The number of halogens is 6. The standard InChI is InChI=1S/C17H21N3O3.2C2HF3O2/c1-21-11-14-8-19(10-15-4-5-18-20(15)9-14)7-13-2-3-16-17(6-13)23-12-22-16;2*3-2(4,5)1(6)7/h2-6,14H,7-12H2,1H3;2*(H,6,7). The van der Waals surface area contributed by atoms with Crippen molar-refractivity contribution in [1.29, 1.82) is 0 Å². The SMILES string of the molecule is COCC1CN(Cc2ccc3c(c2)OCO3)Cc2ccnn2C1.O=C(O)C(F)(F)F.O=C(O)C(F)(F)F. The number of benzene rings is 1. The second-order valence-electron chi connectivity index (χ2n) is 7.79. The molecule has 1 atom stereocenters. The van der Waals surface area contributed by atoms with Gasteiger partial charge in [-0.2, -0.15) is 31.4 Å². The second kappa shape index (κ2) is 12.6. The van der Waals surface area contributed by atoms with Crippen molar-refractivity contribution < 1.29 is 60.4 Å². The molecule has 0 spiro atoms. The molecule has 2 N–H and O–H groups in total. The van der Waals surface area contributed by atoms with E-state index in [1.165, 1.54) is 11.3 Å². The first kappa shape index (κ1) is 29.7. The number of rotatable bonds is 4. The number of hydrogen-bond acceptors (Lipinski definition) is 7. The highest BCUT2D eigenvalue weighted by atomic mass is 19.4. The van der Waals surface area contributed by atoms with Gasteiger partial charge < -0.3 is 24.4 Å². The quantitative estimate of drug-likeness (QED) is 0.560. The van der Waals surface area contributed by atoms with E-state index in [0.29, 0.717) is 12.7 Å². The molecule has 3 heterocycles. The number of fused-ring (bicyclic) bond motifs is 2. The van der Waals surface area contributed by atoms with Crippen LogP contribution in [0.25, 0.3) is 0 Å². The van der Waals surface area contributed by atoms with Gasteiger partial charge in [0.05, 0.1) is 12.3 Å². The lowest BCUT2D eigenvalue weighted by Gasteiger charge is -2.23. The van der Waals surface area contributed by atoms with Gasteiger partial charge in [0.2, 0.25) is 6.79 Å². The van der Waals surface area contributed by atoms with Crippen LogP contribution in [-0.2, 0) is 34.0 Å². The Morgan fingerprint density at radius 2 is 1.62 bits per heavy atom. The van der Waals surface area contributed by atoms with E-state index >= 15 is 0 Å². The van der Waals surface area contributed by atoms with Gasteiger partial charge in [0.1, 0.15) is 0 Å². The van der Waals surface area contributed by atoms with Crippen LogP contribution in [0.3, 0.4) is 0 Å². The third kappa shape index (κ3) is 9.45. The third-order valence-electron chi connectivity index (χ3n) is 4.87. The maximum Gasteiger partial charge on any atom is 0.490 e. The number of nitrogens with zero attached hydrogens (tertiary/aromatic N) is 3. The number of hydrogen-bond donors (Lipinski definition) is 2. The molecule has 0 amide bonds. The molecular formula is C21H23F6N3O7. The van der Waals surface area contributed by atoms with Crippen molar-refractivity contribution in [3.05, 3.63) is 41.7 Å². The topological polar surface area (TPSA) is 123 Å². The van der Waals surface area contributed by atoms with E-state index in [9.17, 15) is 26.3 Å². The van der Waals surface area contributed by atoms with E-state index < -0.39 is 24.3 Å². The summed E-state index contributed by atoms with van der Waals surface area (Å²) in [7, 11) is 1.76. The Bertz CT molecular complexity index is 1030. The average molecular weight is 543 g/mol. The first-order chi connectivity index (χ1) is 17.2. The van der Waals surface area contributed by atoms with Crippen LogP contribution in [0.5, 0.6) is 11.5 Å². The normalized spacial score (nSPS) is 16.9. The predicted octanol–water partition coefficient (Wildman–Crippen LogP) is 3.16. The van der Waals surface area contributed by atoms with Crippen molar-refractivity contribution in [3.63, 3.8) is 0 Å². The van der Waals surface area contributed by atoms with Gasteiger partial charge in [-0.15, -0.1) is 0 Å². The highest BCUT2D eigenvalue weighted by Crippen LogP contribution is 2.33. The fourth-order valence-electron chi connectivity index (χ4n) is 3.38. The largest absolute Gasteiger partial charge is 0.490 e. The van der Waals surface area contributed by atoms with Gasteiger partial charge in [0, 0.05) is 45.4 Å². The van der Waals surface area contributed by atoms with Gasteiger partial charge in [-0.3, -0.25) is 9.58 Å². The summed E-state index contributed by atoms with van der Waals surface area (Å²) < 4.78 is 81.8. The number of carboxylic acids is 2. The molecule has 10 nitrogen and oxygen atoms in total. The summed E-state index contributed by atoms with van der Waals surface area (Å²) in [4.78, 5) is 20.2. The van der Waals surface area contributed by atoms with Crippen LogP contribution in [0, 0.1) is 5.92 Å². The first-order valence-corrected chi connectivity index (χ1v) is 10.4. The second-order valence-corrected chi connectivity index (χ2v) is 7.79. The van der Waals surface area contributed by atoms with Gasteiger partial charge in [0.25, 0.3) is 0 Å². The Morgan fingerprint density at radius 3 is 2.19 bits per heavy atom. The molecule has 2 aliphatic heterocycles. The maximum absolute atomic E-state index is 10.6. The van der Waals surface area contributed by atoms with Crippen molar-refractivity contribution in [2.45, 2.75) is 32.0 Å². The Balaban J connectivity index is 0.000000286. The van der Waals surface area contributed by atoms with E-state index in [1.54, 1.807) is 7.11 Å². The molecule has 1 aromatic heterocycles. The van der Waals surface area contributed by atoms with E-state index in [1.807, 2.05) is 12.3 Å². The molecule has 0 aliphatic carbocycles. The van der Waals surface area contributed by atoms with Crippen LogP contribution in [-0.4, -0.2) is 76.2 Å². The number of ether oxygens (including phenoxy) is 3. The number of aromatic nitrogens is 2. The lowest BCUT2D eigenvalue weighted by Crippen LogP contribution is -2.29. The van der Waals surface area contributed by atoms with Crippen molar-refractivity contribution >= 4 is 11.9 Å². The van der Waals surface area contributed by atoms with Crippen molar-refractivity contribution in [2.75, 3.05) is 27.1 Å². The fraction of sp³-hybridized carbons (Fsp3) is 0.476. The summed E-state index contributed by atoms with van der Waals surface area (Å²) in [6.45, 7) is 4.74. The van der Waals surface area contributed by atoms with Gasteiger partial charge in [-0.05, 0) is 23.8 Å². The lowest BCUT2D eigenvalue weighted by atomic mass is 10.1. The molecule has 4 rings (SSSR count). The molecule has 2 aromatic rings. The number of alkyl halides is 6. The predicted molar refractivity (Wildman–Crippen MR) is 112 cm³/mol. The summed E-state index contributed by atoms with van der Waals surface area (Å²) in [5.41, 5.74) is 2.49. The van der Waals surface area contributed by atoms with Gasteiger partial charge in [-0.1, -0.05) is 6.07 Å². The lowest BCUT2D eigenvalue weighted by molar-refractivity contribution is -0.193. The molecule has 0 saturated heterocycles. The van der Waals surface area contributed by atoms with Crippen molar-refractivity contribution in [2.24, 2.45) is 5.92 Å². The van der Waals surface area contributed by atoms with E-state index in [-0.39, 0.29) is 0 Å². The van der Waals surface area contributed by atoms with E-state index in [2.05, 4.69) is 32.9 Å². The monoisotopic (exact) mass is 543 g/mol. The van der Waals surface area contributed by atoms with Crippen LogP contribution in [0.1, 0.15) is 11.3 Å². The zero-order valence-corrected chi connectivity index (χ0v) is 19.3. The molecule has 0 radical (unpaired) electrons. The molecule has 1 unspecified atom stereocenters. The summed E-state index contributed by atoms with van der Waals surface area (Å²) in [6.07, 6.45) is -8.29. The molecule has 1 aromatic carbocycles. The molecule has 16 heteroatoms. The summed E-state index contributed by atoms with van der Waals surface area (Å²) in [6, 6.07) is 8.28. The van der Waals surface area contributed by atoms with Gasteiger partial charge in [0.15, 0.2) is 11.5 Å². The Hall–Kier alpha value is -3.53. The number of carbonyl (C=O) groups is 2. The maximum atomic E-state index is 10.6. The molecule has 0 saturated carbocycles. The average Bonchev–Trinajstić information content (AvgIpc) is 3.39.